The van der Waals surface area contributed by atoms with Crippen LogP contribution < -0.4 is 0 Å². The molecule has 0 saturated heterocycles. The van der Waals surface area contributed by atoms with E-state index >= 15 is 0 Å². The highest BCUT2D eigenvalue weighted by atomic mass is 16.3. The van der Waals surface area contributed by atoms with Crippen molar-refractivity contribution in [3.63, 3.8) is 0 Å². The first-order chi connectivity index (χ1) is 10.1. The van der Waals surface area contributed by atoms with Crippen LogP contribution in [0.4, 0.5) is 0 Å². The van der Waals surface area contributed by atoms with Gasteiger partial charge in [0.15, 0.2) is 0 Å². The summed E-state index contributed by atoms with van der Waals surface area (Å²) in [5.74, 6) is 0.210. The van der Waals surface area contributed by atoms with Gasteiger partial charge in [-0.05, 0) is 51.4 Å². The highest BCUT2D eigenvalue weighted by molar-refractivity contribution is 5.30. The largest absolute Gasteiger partial charge is 0.390 e. The van der Waals surface area contributed by atoms with Crippen molar-refractivity contribution in [2.24, 2.45) is 0 Å². The van der Waals surface area contributed by atoms with Gasteiger partial charge in [-0.15, -0.1) is 0 Å². The maximum Gasteiger partial charge on any atom is 0.0807 e. The Labute approximate surface area is 128 Å². The average Bonchev–Trinajstić information content (AvgIpc) is 2.75. The highest BCUT2D eigenvalue weighted by Gasteiger charge is 2.46. The summed E-state index contributed by atoms with van der Waals surface area (Å²) in [6, 6.07) is 4.19. The van der Waals surface area contributed by atoms with E-state index in [9.17, 15) is 5.11 Å². The van der Waals surface area contributed by atoms with E-state index < -0.39 is 0 Å². The van der Waals surface area contributed by atoms with Crippen molar-refractivity contribution in [3.05, 3.63) is 29.6 Å². The minimum Gasteiger partial charge on any atom is -0.390 e. The van der Waals surface area contributed by atoms with Gasteiger partial charge in [-0.3, -0.25) is 4.98 Å². The molecule has 1 fully saturated rings. The van der Waals surface area contributed by atoms with Gasteiger partial charge in [0.1, 0.15) is 0 Å². The smallest absolute Gasteiger partial charge is 0.0807 e. The fourth-order valence-electron chi connectivity index (χ4n) is 4.47. The Hall–Kier alpha value is -0.930. The van der Waals surface area contributed by atoms with Gasteiger partial charge in [-0.25, -0.2) is 0 Å². The van der Waals surface area contributed by atoms with Gasteiger partial charge >= 0.3 is 0 Å². The Kier molecular flexibility index (Phi) is 4.32. The molecule has 21 heavy (non-hydrogen) atoms. The predicted octanol–water partition coefficient (Wildman–Crippen LogP) is 3.13. The second-order valence-corrected chi connectivity index (χ2v) is 7.05. The van der Waals surface area contributed by atoms with Crippen LogP contribution in [0.1, 0.15) is 62.1 Å². The van der Waals surface area contributed by atoms with E-state index in [1.54, 1.807) is 0 Å². The number of aliphatic hydroxyl groups is 1. The summed E-state index contributed by atoms with van der Waals surface area (Å²) in [5, 5.41) is 11.3. The monoisotopic (exact) mass is 288 g/mol. The van der Waals surface area contributed by atoms with Crippen LogP contribution in [0.5, 0.6) is 0 Å². The second-order valence-electron chi connectivity index (χ2n) is 7.05. The van der Waals surface area contributed by atoms with E-state index in [2.05, 4.69) is 30.0 Å². The van der Waals surface area contributed by atoms with Gasteiger partial charge < -0.3 is 10.0 Å². The molecule has 0 aromatic carbocycles. The first-order valence-corrected chi connectivity index (χ1v) is 8.44. The number of rotatable bonds is 3. The Bertz CT molecular complexity index is 478. The topological polar surface area (TPSA) is 36.4 Å². The number of aliphatic hydroxyl groups excluding tert-OH is 1. The zero-order chi connectivity index (χ0) is 14.9. The Morgan fingerprint density at radius 1 is 1.24 bits per heavy atom. The molecular formula is C18H28N2O. The summed E-state index contributed by atoms with van der Waals surface area (Å²) in [7, 11) is 4.28. The molecule has 0 spiro atoms. The number of fused-ring (bicyclic) bond motifs is 1. The number of hydrogen-bond donors (Lipinski definition) is 1. The van der Waals surface area contributed by atoms with E-state index in [4.69, 9.17) is 0 Å². The lowest BCUT2D eigenvalue weighted by Crippen LogP contribution is -2.55. The Balaban J connectivity index is 1.90. The van der Waals surface area contributed by atoms with Gasteiger partial charge in [0.05, 0.1) is 6.10 Å². The average molecular weight is 288 g/mol. The molecule has 1 aromatic rings. The van der Waals surface area contributed by atoms with Gasteiger partial charge in [-0.1, -0.05) is 31.7 Å². The lowest BCUT2D eigenvalue weighted by molar-refractivity contribution is -0.0337. The minimum absolute atomic E-state index is 0.0691. The van der Waals surface area contributed by atoms with Crippen LogP contribution in [0.3, 0.4) is 0 Å². The van der Waals surface area contributed by atoms with E-state index in [1.807, 2.05) is 12.3 Å². The quantitative estimate of drug-likeness (QED) is 0.868. The lowest BCUT2D eigenvalue weighted by atomic mass is 9.76. The fourth-order valence-corrected chi connectivity index (χ4v) is 4.47. The predicted molar refractivity (Wildman–Crippen MR) is 85.4 cm³/mol. The van der Waals surface area contributed by atoms with Crippen molar-refractivity contribution in [1.29, 1.82) is 0 Å². The standard InChI is InChI=1S/C18H28N2O/c1-20(2)18(11-5-3-4-6-12-18)17(21)15-10-9-14-8-7-13-19-16(14)15/h7-8,13,15,17,21H,3-6,9-12H2,1-2H3. The molecule has 3 nitrogen and oxygen atoms in total. The number of nitrogens with zero attached hydrogens (tertiary/aromatic N) is 2. The summed E-state index contributed by atoms with van der Waals surface area (Å²) in [4.78, 5) is 6.89. The molecule has 0 radical (unpaired) electrons. The van der Waals surface area contributed by atoms with E-state index in [1.165, 1.54) is 31.2 Å². The number of hydrogen-bond acceptors (Lipinski definition) is 3. The zero-order valence-electron chi connectivity index (χ0n) is 13.4. The van der Waals surface area contributed by atoms with Crippen molar-refractivity contribution in [3.8, 4) is 0 Å². The van der Waals surface area contributed by atoms with Gasteiger partial charge in [0, 0.05) is 23.3 Å². The van der Waals surface area contributed by atoms with Crippen LogP contribution in [0.15, 0.2) is 18.3 Å². The van der Waals surface area contributed by atoms with Gasteiger partial charge in [0.25, 0.3) is 0 Å². The van der Waals surface area contributed by atoms with Crippen molar-refractivity contribution >= 4 is 0 Å². The molecule has 116 valence electrons. The number of aromatic nitrogens is 1. The Morgan fingerprint density at radius 2 is 1.95 bits per heavy atom. The third kappa shape index (κ3) is 2.62. The van der Waals surface area contributed by atoms with Crippen molar-refractivity contribution in [2.45, 2.75) is 68.9 Å². The third-order valence-corrected chi connectivity index (χ3v) is 5.79. The zero-order valence-corrected chi connectivity index (χ0v) is 13.4. The molecule has 2 aliphatic rings. The van der Waals surface area contributed by atoms with Crippen LogP contribution in [-0.4, -0.2) is 40.7 Å². The van der Waals surface area contributed by atoms with Crippen LogP contribution >= 0.6 is 0 Å². The third-order valence-electron chi connectivity index (χ3n) is 5.79. The van der Waals surface area contributed by atoms with Crippen LogP contribution in [0.2, 0.25) is 0 Å². The van der Waals surface area contributed by atoms with Crippen LogP contribution in [0.25, 0.3) is 0 Å². The normalized spacial score (nSPS) is 26.4. The van der Waals surface area contributed by atoms with Crippen molar-refractivity contribution in [1.82, 2.24) is 9.88 Å². The first-order valence-electron chi connectivity index (χ1n) is 8.44. The summed E-state index contributed by atoms with van der Waals surface area (Å²) in [5.41, 5.74) is 2.42. The lowest BCUT2D eigenvalue weighted by Gasteiger charge is -2.45. The maximum atomic E-state index is 11.3. The van der Waals surface area contributed by atoms with Crippen LogP contribution in [-0.2, 0) is 6.42 Å². The molecule has 0 bridgehead atoms. The SMILES string of the molecule is CN(C)C1(C(O)C2CCc3cccnc32)CCCCCC1. The first kappa shape index (κ1) is 15.0. The van der Waals surface area contributed by atoms with E-state index in [-0.39, 0.29) is 17.6 Å². The maximum absolute atomic E-state index is 11.3. The fraction of sp³-hybridized carbons (Fsp3) is 0.722. The minimum atomic E-state index is -0.304. The summed E-state index contributed by atoms with van der Waals surface area (Å²) < 4.78 is 0. The molecule has 3 heteroatoms. The summed E-state index contributed by atoms with van der Waals surface area (Å²) in [6.07, 6.45) is 11.0. The molecule has 1 N–H and O–H groups in total. The van der Waals surface area contributed by atoms with Crippen LogP contribution in [0, 0.1) is 0 Å². The molecular weight excluding hydrogens is 260 g/mol. The molecule has 3 rings (SSSR count). The summed E-state index contributed by atoms with van der Waals surface area (Å²) >= 11 is 0. The molecule has 2 unspecified atom stereocenters. The molecule has 2 atom stereocenters. The molecule has 0 aliphatic heterocycles. The van der Waals surface area contributed by atoms with Gasteiger partial charge in [-0.2, -0.15) is 0 Å². The number of pyridine rings is 1. The second kappa shape index (κ2) is 6.05. The van der Waals surface area contributed by atoms with E-state index in [0.717, 1.165) is 31.4 Å². The van der Waals surface area contributed by atoms with E-state index in [0.29, 0.717) is 0 Å². The Morgan fingerprint density at radius 3 is 2.62 bits per heavy atom. The number of likely N-dealkylation sites (N-methyl/N-ethyl adjacent to an activating group) is 1. The summed E-state index contributed by atoms with van der Waals surface area (Å²) in [6.45, 7) is 0. The molecule has 1 saturated carbocycles. The van der Waals surface area contributed by atoms with Crippen molar-refractivity contribution < 1.29 is 5.11 Å². The molecule has 1 aromatic heterocycles. The van der Waals surface area contributed by atoms with Gasteiger partial charge in [0.2, 0.25) is 0 Å². The number of aryl methyl sites for hydroxylation is 1. The molecule has 0 amide bonds. The highest BCUT2D eigenvalue weighted by Crippen LogP contribution is 2.43. The van der Waals surface area contributed by atoms with Crippen molar-refractivity contribution in [2.75, 3.05) is 14.1 Å². The molecule has 1 heterocycles. The molecule has 2 aliphatic carbocycles.